The molecule has 0 bridgehead atoms. The quantitative estimate of drug-likeness (QED) is 0.612. The first-order valence-corrected chi connectivity index (χ1v) is 12.9. The molecule has 0 N–H and O–H groups in total. The number of aryl methyl sites for hydroxylation is 1. The van der Waals surface area contributed by atoms with E-state index in [0.717, 1.165) is 50.2 Å². The van der Waals surface area contributed by atoms with E-state index in [-0.39, 0.29) is 18.3 Å². The maximum absolute atomic E-state index is 13.8. The molecule has 2 aliphatic carbocycles. The summed E-state index contributed by atoms with van der Waals surface area (Å²) in [5.41, 5.74) is 2.61. The van der Waals surface area contributed by atoms with E-state index in [1.54, 1.807) is 19.1 Å². The van der Waals surface area contributed by atoms with Gasteiger partial charge in [-0.25, -0.2) is 14.1 Å². The summed E-state index contributed by atoms with van der Waals surface area (Å²) >= 11 is 0. The molecule has 3 aliphatic rings. The maximum Gasteiger partial charge on any atom is 0.244 e. The van der Waals surface area contributed by atoms with Crippen molar-refractivity contribution in [2.75, 3.05) is 26.2 Å². The average Bonchev–Trinajstić information content (AvgIpc) is 3.51. The highest BCUT2D eigenvalue weighted by Crippen LogP contribution is 2.34. The van der Waals surface area contributed by atoms with Crippen LogP contribution in [0.15, 0.2) is 54.3 Å². The second-order valence-electron chi connectivity index (χ2n) is 9.76. The zero-order valence-corrected chi connectivity index (χ0v) is 20.5. The number of nitrogens with zero attached hydrogens (tertiary/aromatic N) is 5. The number of carbonyl (C=O) groups excluding carboxylic acids is 1. The highest BCUT2D eigenvalue weighted by Gasteiger charge is 2.27. The number of halogens is 1. The molecule has 7 heteroatoms. The molecular formula is C28H34FN5O. The number of piperazine rings is 1. The second-order valence-corrected chi connectivity index (χ2v) is 9.76. The smallest absolute Gasteiger partial charge is 0.244 e. The molecule has 6 nitrogen and oxygen atoms in total. The molecule has 0 spiro atoms. The number of rotatable bonds is 5. The van der Waals surface area contributed by atoms with Crippen LogP contribution < -0.4 is 0 Å². The van der Waals surface area contributed by atoms with Crippen LogP contribution in [0.4, 0.5) is 4.39 Å². The normalized spacial score (nSPS) is 19.1. The molecule has 2 aromatic rings. The van der Waals surface area contributed by atoms with Gasteiger partial charge in [0, 0.05) is 43.4 Å². The molecule has 184 valence electrons. The number of carbonyl (C=O) groups is 1. The van der Waals surface area contributed by atoms with E-state index in [1.807, 2.05) is 9.58 Å². The van der Waals surface area contributed by atoms with E-state index in [0.29, 0.717) is 30.4 Å². The van der Waals surface area contributed by atoms with Crippen LogP contribution >= 0.6 is 0 Å². The molecule has 0 radical (unpaired) electrons. The van der Waals surface area contributed by atoms with Crippen molar-refractivity contribution < 1.29 is 9.18 Å². The van der Waals surface area contributed by atoms with Gasteiger partial charge in [0.05, 0.1) is 0 Å². The average molecular weight is 476 g/mol. The van der Waals surface area contributed by atoms with Crippen molar-refractivity contribution in [1.29, 1.82) is 0 Å². The Morgan fingerprint density at radius 2 is 1.89 bits per heavy atom. The van der Waals surface area contributed by atoms with E-state index in [1.165, 1.54) is 24.6 Å². The fourth-order valence-corrected chi connectivity index (χ4v) is 5.26. The minimum atomic E-state index is -0.236. The summed E-state index contributed by atoms with van der Waals surface area (Å²) < 4.78 is 15.6. The van der Waals surface area contributed by atoms with Gasteiger partial charge in [-0.15, -0.1) is 0 Å². The third-order valence-electron chi connectivity index (χ3n) is 7.32. The summed E-state index contributed by atoms with van der Waals surface area (Å²) in [5.74, 6) is 1.64. The van der Waals surface area contributed by atoms with Gasteiger partial charge in [-0.05, 0) is 62.4 Å². The van der Waals surface area contributed by atoms with Gasteiger partial charge in [0.2, 0.25) is 5.91 Å². The van der Waals surface area contributed by atoms with Crippen LogP contribution in [0.2, 0.25) is 0 Å². The molecule has 0 unspecified atom stereocenters. The summed E-state index contributed by atoms with van der Waals surface area (Å²) in [7, 11) is 0. The maximum atomic E-state index is 13.8. The van der Waals surface area contributed by atoms with Gasteiger partial charge in [0.25, 0.3) is 0 Å². The minimum absolute atomic E-state index is 0.0840. The summed E-state index contributed by atoms with van der Waals surface area (Å²) in [6, 6.07) is 4.96. The highest BCUT2D eigenvalue weighted by molar-refractivity contribution is 5.76. The van der Waals surface area contributed by atoms with Crippen molar-refractivity contribution >= 4 is 5.91 Å². The Balaban J connectivity index is 1.29. The molecule has 1 amide bonds. The van der Waals surface area contributed by atoms with Gasteiger partial charge in [-0.3, -0.25) is 4.79 Å². The Morgan fingerprint density at radius 3 is 2.66 bits per heavy atom. The molecular weight excluding hydrogens is 441 g/mol. The van der Waals surface area contributed by atoms with Crippen LogP contribution in [-0.2, 0) is 11.3 Å². The van der Waals surface area contributed by atoms with Crippen molar-refractivity contribution in [2.24, 2.45) is 0 Å². The van der Waals surface area contributed by atoms with Gasteiger partial charge >= 0.3 is 0 Å². The molecule has 2 fully saturated rings. The number of amides is 1. The minimum Gasteiger partial charge on any atom is -0.368 e. The number of benzene rings is 1. The van der Waals surface area contributed by atoms with E-state index in [9.17, 15) is 9.18 Å². The fraction of sp³-hybridized carbons (Fsp3) is 0.464. The van der Waals surface area contributed by atoms with Gasteiger partial charge in [0.15, 0.2) is 5.82 Å². The van der Waals surface area contributed by atoms with Crippen LogP contribution in [0.25, 0.3) is 11.4 Å². The summed E-state index contributed by atoms with van der Waals surface area (Å²) in [4.78, 5) is 22.5. The topological polar surface area (TPSA) is 54.3 Å². The Bertz CT molecular complexity index is 1150. The van der Waals surface area contributed by atoms with Crippen LogP contribution in [0.1, 0.15) is 55.8 Å². The summed E-state index contributed by atoms with van der Waals surface area (Å²) in [5, 5.41) is 4.74. The predicted octanol–water partition coefficient (Wildman–Crippen LogP) is 4.98. The van der Waals surface area contributed by atoms with Gasteiger partial charge in [0.1, 0.15) is 18.2 Å². The Morgan fingerprint density at radius 1 is 1.09 bits per heavy atom. The lowest BCUT2D eigenvalue weighted by Crippen LogP contribution is -2.49. The summed E-state index contributed by atoms with van der Waals surface area (Å²) in [6.07, 6.45) is 17.5. The van der Waals surface area contributed by atoms with Crippen molar-refractivity contribution in [3.05, 3.63) is 71.5 Å². The van der Waals surface area contributed by atoms with Gasteiger partial charge in [-0.1, -0.05) is 37.1 Å². The van der Waals surface area contributed by atoms with Crippen molar-refractivity contribution in [1.82, 2.24) is 24.6 Å². The van der Waals surface area contributed by atoms with Crippen molar-refractivity contribution in [3.8, 4) is 11.4 Å². The monoisotopic (exact) mass is 475 g/mol. The van der Waals surface area contributed by atoms with Crippen LogP contribution in [0.3, 0.4) is 0 Å². The van der Waals surface area contributed by atoms with E-state index in [2.05, 4.69) is 35.3 Å². The second kappa shape index (κ2) is 10.6. The third-order valence-corrected chi connectivity index (χ3v) is 7.32. The summed E-state index contributed by atoms with van der Waals surface area (Å²) in [6.45, 7) is 5.02. The first-order chi connectivity index (χ1) is 17.1. The predicted molar refractivity (Wildman–Crippen MR) is 135 cm³/mol. The zero-order valence-electron chi connectivity index (χ0n) is 20.5. The first kappa shape index (κ1) is 23.5. The zero-order chi connectivity index (χ0) is 24.2. The Kier molecular flexibility index (Phi) is 7.11. The molecule has 1 aromatic carbocycles. The molecule has 1 aliphatic heterocycles. The van der Waals surface area contributed by atoms with Gasteiger partial charge < -0.3 is 9.80 Å². The lowest BCUT2D eigenvalue weighted by Gasteiger charge is -2.37. The Hall–Kier alpha value is -3.22. The van der Waals surface area contributed by atoms with Crippen LogP contribution in [0, 0.1) is 12.7 Å². The lowest BCUT2D eigenvalue weighted by atomic mass is 10.1. The fourth-order valence-electron chi connectivity index (χ4n) is 5.26. The molecule has 1 saturated heterocycles. The van der Waals surface area contributed by atoms with Gasteiger partial charge in [-0.2, -0.15) is 5.10 Å². The van der Waals surface area contributed by atoms with Crippen LogP contribution in [-0.4, -0.2) is 56.7 Å². The van der Waals surface area contributed by atoms with Crippen LogP contribution in [0.5, 0.6) is 0 Å². The molecule has 5 rings (SSSR count). The Labute approximate surface area is 206 Å². The lowest BCUT2D eigenvalue weighted by molar-refractivity contribution is -0.133. The first-order valence-electron chi connectivity index (χ1n) is 12.9. The SMILES string of the molecule is Cc1cc(-c2nc(C3CCCC3)n(CC(=O)N3CCN(C4=CCCC=CC=C4)CC3)n2)ccc1F. The number of hydrogen-bond donors (Lipinski definition) is 0. The van der Waals surface area contributed by atoms with E-state index < -0.39 is 0 Å². The third kappa shape index (κ3) is 5.39. The largest absolute Gasteiger partial charge is 0.368 e. The molecule has 0 atom stereocenters. The highest BCUT2D eigenvalue weighted by atomic mass is 19.1. The molecule has 2 heterocycles. The number of hydrogen-bond acceptors (Lipinski definition) is 4. The van der Waals surface area contributed by atoms with Crippen molar-refractivity contribution in [3.63, 3.8) is 0 Å². The molecule has 1 aromatic heterocycles. The molecule has 35 heavy (non-hydrogen) atoms. The number of aromatic nitrogens is 3. The van der Waals surface area contributed by atoms with Crippen molar-refractivity contribution in [2.45, 2.75) is 57.9 Å². The standard InChI is InChI=1S/C28H34FN5O/c1-21-19-23(13-14-25(21)29)27-30-28(22-9-7-8-10-22)34(31-27)20-26(35)33-17-15-32(16-18-33)24-11-5-3-2-4-6-12-24/h2-3,5,11-14,19,22H,4,6-10,15-18,20H2,1H3. The number of allylic oxidation sites excluding steroid dienone is 5. The van der Waals surface area contributed by atoms with E-state index >= 15 is 0 Å². The molecule has 1 saturated carbocycles. The van der Waals surface area contributed by atoms with E-state index in [4.69, 9.17) is 10.1 Å².